The quantitative estimate of drug-likeness (QED) is 0.0268. The number of carbonyl (C=O) groups is 2. The number of hydrogen-bond donors (Lipinski definition) is 4. The minimum Gasteiger partial charge on any atom is -0.377 e. The van der Waals surface area contributed by atoms with E-state index in [4.69, 9.17) is 84.3 Å². The molecule has 0 unspecified atom stereocenters. The Hall–Kier alpha value is -6.03. The first-order valence-corrected chi connectivity index (χ1v) is 31.6. The Morgan fingerprint density at radius 3 is 1.20 bits per heavy atom. The maximum Gasteiger partial charge on any atom is 0.319 e. The number of hydrogen-bond acceptors (Lipinski definition) is 16. The van der Waals surface area contributed by atoms with Gasteiger partial charge < -0.3 is 69.0 Å². The van der Waals surface area contributed by atoms with Crippen LogP contribution in [0.1, 0.15) is 45.2 Å². The van der Waals surface area contributed by atoms with Crippen molar-refractivity contribution in [3.05, 3.63) is 163 Å². The molecule has 4 amide bonds. The minimum atomic E-state index is -0.382. The number of benzene rings is 5. The summed E-state index contributed by atoms with van der Waals surface area (Å²) in [6, 6.07) is 30.5. The van der Waals surface area contributed by atoms with Crippen LogP contribution in [0.2, 0.25) is 20.1 Å². The third-order valence-electron chi connectivity index (χ3n) is 14.9. The molecule has 2 aliphatic heterocycles. The molecule has 2 aliphatic rings. The van der Waals surface area contributed by atoms with Crippen LogP contribution in [0.15, 0.2) is 109 Å². The smallest absolute Gasteiger partial charge is 0.319 e. The van der Waals surface area contributed by atoms with Crippen LogP contribution in [-0.4, -0.2) is 198 Å². The number of amides is 4. The molecule has 0 spiro atoms. The van der Waals surface area contributed by atoms with Crippen molar-refractivity contribution in [1.29, 1.82) is 0 Å². The van der Waals surface area contributed by atoms with Crippen LogP contribution >= 0.6 is 58.8 Å². The van der Waals surface area contributed by atoms with E-state index >= 15 is 0 Å². The molecule has 0 fully saturated rings. The number of nitrogens with one attached hydrogen (secondary N) is 4. The van der Waals surface area contributed by atoms with Gasteiger partial charge in [0.05, 0.1) is 131 Å². The molecule has 91 heavy (non-hydrogen) atoms. The molecule has 0 aliphatic carbocycles. The predicted molar refractivity (Wildman–Crippen MR) is 354 cm³/mol. The molecule has 9 rings (SSSR count). The molecule has 0 saturated heterocycles. The molecule has 22 nitrogen and oxygen atoms in total. The average Bonchev–Trinajstić information content (AvgIpc) is 1.17. The molecule has 2 aromatic heterocycles. The third-order valence-corrected chi connectivity index (χ3v) is 16.0. The molecule has 0 saturated carbocycles. The van der Waals surface area contributed by atoms with Gasteiger partial charge in [-0.25, -0.2) is 19.0 Å². The van der Waals surface area contributed by atoms with Gasteiger partial charge in [-0.3, -0.25) is 0 Å². The number of halogens is 5. The summed E-state index contributed by atoms with van der Waals surface area (Å²) in [4.78, 5) is 29.3. The van der Waals surface area contributed by atoms with E-state index in [0.29, 0.717) is 163 Å². The first kappa shape index (κ1) is 70.8. The summed E-state index contributed by atoms with van der Waals surface area (Å²) in [7, 11) is 4.21. The van der Waals surface area contributed by atoms with E-state index in [0.717, 1.165) is 70.9 Å². The number of aromatic nitrogens is 6. The Bertz CT molecular complexity index is 3170. The summed E-state index contributed by atoms with van der Waals surface area (Å²) < 4.78 is 48.6. The normalized spacial score (nSPS) is 14.8. The highest BCUT2D eigenvalue weighted by Crippen LogP contribution is 2.41. The van der Waals surface area contributed by atoms with Crippen molar-refractivity contribution in [1.82, 2.24) is 50.4 Å². The molecule has 4 N–H and O–H groups in total. The predicted octanol–water partition coefficient (Wildman–Crippen LogP) is 10.2. The standard InChI is InChI=1S/C64H78Cl4N12O10.ClH/c1-77-39-55(53-35-49(65)37-59(67)57(53)41-77)45-5-3-7-47(33-45)61-43-79(75-73-61)15-19-85-23-27-89-31-29-87-25-21-83-17-13-69-63(81)71-51-9-11-52(12-10-51)72-64(82)70-14-18-84-22-26-88-30-32-90-28-24-86-20-16-80-44-62(74-76-80)48-8-4-6-46(34-48)56-40-78(2)42-58-54(56)36-50(66)38-60(58)68;/h3-12,33-38,43-44,55-56H,13-32,39-42H2,1-2H3,(H2,69,71,81)(H2,70,72,82);1H/t55-,56-;/m0./s1. The fourth-order valence-corrected chi connectivity index (χ4v) is 11.6. The number of carbonyl (C=O) groups excluding carboxylic acids is 2. The van der Waals surface area contributed by atoms with Crippen LogP contribution in [0.4, 0.5) is 21.0 Å². The van der Waals surface area contributed by atoms with Crippen molar-refractivity contribution >= 4 is 82.2 Å². The zero-order chi connectivity index (χ0) is 62.9. The van der Waals surface area contributed by atoms with Gasteiger partial charge in [0, 0.05) is 93.7 Å². The Morgan fingerprint density at radius 1 is 0.473 bits per heavy atom. The Morgan fingerprint density at radius 2 is 0.824 bits per heavy atom. The number of urea groups is 2. The summed E-state index contributed by atoms with van der Waals surface area (Å²) in [6.45, 7) is 11.5. The maximum atomic E-state index is 12.4. The monoisotopic (exact) mass is 1350 g/mol. The Labute approximate surface area is 557 Å². The first-order valence-electron chi connectivity index (χ1n) is 30.1. The van der Waals surface area contributed by atoms with E-state index in [9.17, 15) is 9.59 Å². The van der Waals surface area contributed by atoms with Crippen molar-refractivity contribution in [2.75, 3.05) is 157 Å². The van der Waals surface area contributed by atoms with Crippen LogP contribution < -0.4 is 21.3 Å². The third kappa shape index (κ3) is 22.6. The second-order valence-corrected chi connectivity index (χ2v) is 23.3. The molecular formula is C64H79Cl5N12O10. The van der Waals surface area contributed by atoms with Gasteiger partial charge in [0.2, 0.25) is 0 Å². The number of fused-ring (bicyclic) bond motifs is 2. The van der Waals surface area contributed by atoms with Crippen molar-refractivity contribution in [3.63, 3.8) is 0 Å². The van der Waals surface area contributed by atoms with E-state index < -0.39 is 0 Å². The molecule has 0 bridgehead atoms. The highest BCUT2D eigenvalue weighted by atomic mass is 35.5. The molecular weight excluding hydrogens is 1270 g/mol. The van der Waals surface area contributed by atoms with Gasteiger partial charge in [0.1, 0.15) is 11.4 Å². The summed E-state index contributed by atoms with van der Waals surface area (Å²) in [6.07, 6.45) is 3.86. The van der Waals surface area contributed by atoms with Crippen molar-refractivity contribution in [2.24, 2.45) is 0 Å². The second kappa shape index (κ2) is 37.6. The molecule has 7 aromatic rings. The fraction of sp³-hybridized carbons (Fsp3) is 0.438. The zero-order valence-electron chi connectivity index (χ0n) is 51.1. The molecule has 5 aromatic carbocycles. The van der Waals surface area contributed by atoms with Crippen molar-refractivity contribution in [3.8, 4) is 22.5 Å². The minimum absolute atomic E-state index is 0. The van der Waals surface area contributed by atoms with Crippen LogP contribution in [0, 0.1) is 0 Å². The maximum absolute atomic E-state index is 12.4. The molecule has 27 heteroatoms. The highest BCUT2D eigenvalue weighted by molar-refractivity contribution is 6.35. The van der Waals surface area contributed by atoms with E-state index in [1.807, 2.05) is 48.8 Å². The van der Waals surface area contributed by atoms with Gasteiger partial charge in [-0.1, -0.05) is 93.2 Å². The number of anilines is 2. The van der Waals surface area contributed by atoms with Crippen molar-refractivity contribution in [2.45, 2.75) is 38.0 Å². The summed E-state index contributed by atoms with van der Waals surface area (Å²) >= 11 is 26.0. The van der Waals surface area contributed by atoms with Crippen LogP contribution in [0.5, 0.6) is 0 Å². The lowest BCUT2D eigenvalue weighted by atomic mass is 9.84. The Kier molecular flexibility index (Phi) is 29.3. The Balaban J connectivity index is 0.0000107. The fourth-order valence-electron chi connectivity index (χ4n) is 10.5. The molecule has 490 valence electrons. The van der Waals surface area contributed by atoms with Gasteiger partial charge in [-0.15, -0.1) is 22.6 Å². The van der Waals surface area contributed by atoms with Crippen LogP contribution in [-0.2, 0) is 64.1 Å². The van der Waals surface area contributed by atoms with Gasteiger partial charge >= 0.3 is 12.1 Å². The van der Waals surface area contributed by atoms with E-state index in [-0.39, 0.29) is 36.3 Å². The SMILES string of the molecule is CN1Cc2c(Cl)cc(Cl)cc2[C@H](c2cccc(-c3cn(CCOCCOCCOCCOCCNC(=O)Nc4ccc(NC(=O)NCCOCCOCCOCCOCCn5cc(-c6cccc([C@@H]7CN(C)Cc8c(Cl)cc(Cl)cc87)c6)nn5)cc4)nn3)c2)C1.Cl. The second-order valence-electron chi connectivity index (χ2n) is 21.6. The average molecular weight is 1350 g/mol. The highest BCUT2D eigenvalue weighted by Gasteiger charge is 2.29. The molecule has 2 atom stereocenters. The van der Waals surface area contributed by atoms with Crippen molar-refractivity contribution < 1.29 is 47.5 Å². The van der Waals surface area contributed by atoms with Crippen LogP contribution in [0.3, 0.4) is 0 Å². The summed E-state index contributed by atoms with van der Waals surface area (Å²) in [5, 5.41) is 31.2. The van der Waals surface area contributed by atoms with E-state index in [2.05, 4.69) is 102 Å². The number of ether oxygens (including phenoxy) is 8. The van der Waals surface area contributed by atoms with E-state index in [1.165, 1.54) is 11.1 Å². The van der Waals surface area contributed by atoms with Gasteiger partial charge in [0.15, 0.2) is 0 Å². The summed E-state index contributed by atoms with van der Waals surface area (Å²) in [5.74, 6) is 0.264. The molecule has 0 radical (unpaired) electrons. The van der Waals surface area contributed by atoms with Gasteiger partial charge in [-0.05, 0) is 108 Å². The lowest BCUT2D eigenvalue weighted by molar-refractivity contribution is -0.00228. The molecule has 4 heterocycles. The number of likely N-dealkylation sites (N-methyl/N-ethyl adjacent to an activating group) is 2. The number of nitrogens with zero attached hydrogens (tertiary/aromatic N) is 8. The lowest BCUT2D eigenvalue weighted by Crippen LogP contribution is -2.32. The zero-order valence-corrected chi connectivity index (χ0v) is 54.9. The summed E-state index contributed by atoms with van der Waals surface area (Å²) in [5.41, 5.74) is 11.6. The van der Waals surface area contributed by atoms with Gasteiger partial charge in [-0.2, -0.15) is 0 Å². The largest absolute Gasteiger partial charge is 0.377 e. The van der Waals surface area contributed by atoms with Gasteiger partial charge in [0.25, 0.3) is 0 Å². The number of rotatable bonds is 36. The lowest BCUT2D eigenvalue weighted by Gasteiger charge is -2.33. The van der Waals surface area contributed by atoms with E-state index in [1.54, 1.807) is 33.6 Å². The topological polar surface area (TPSA) is 224 Å². The first-order chi connectivity index (χ1) is 43.9. The van der Waals surface area contributed by atoms with Crippen LogP contribution in [0.25, 0.3) is 22.5 Å².